The maximum Gasteiger partial charge on any atom is 0.204 e. The molecular formula is C26H20N4O. The number of H-pyrrole nitrogens is 2. The van der Waals surface area contributed by atoms with Crippen LogP contribution in [0.3, 0.4) is 0 Å². The molecule has 3 aliphatic rings. The first kappa shape index (κ1) is 18.6. The van der Waals surface area contributed by atoms with Gasteiger partial charge in [0.2, 0.25) is 5.78 Å². The van der Waals surface area contributed by atoms with Gasteiger partial charge in [-0.1, -0.05) is 36.4 Å². The summed E-state index contributed by atoms with van der Waals surface area (Å²) in [5.41, 5.74) is 4.88. The molecule has 3 N–H and O–H groups in total. The summed E-state index contributed by atoms with van der Waals surface area (Å²) in [6.07, 6.45) is 13.1. The molecule has 1 aromatic carbocycles. The van der Waals surface area contributed by atoms with E-state index < -0.39 is 0 Å². The number of carbonyl (C=O) groups is 1. The Kier molecular flexibility index (Phi) is 4.91. The predicted molar refractivity (Wildman–Crippen MR) is 124 cm³/mol. The Hall–Kier alpha value is -4.38. The normalized spacial score (nSPS) is 15.9. The zero-order valence-corrected chi connectivity index (χ0v) is 16.7. The van der Waals surface area contributed by atoms with E-state index in [9.17, 15) is 4.79 Å². The number of nitrogens with zero attached hydrogens (tertiary/aromatic N) is 1. The van der Waals surface area contributed by atoms with Crippen molar-refractivity contribution in [2.75, 3.05) is 0 Å². The number of fused-ring (bicyclic) bond motifs is 7. The van der Waals surface area contributed by atoms with Gasteiger partial charge < -0.3 is 15.3 Å². The molecule has 0 saturated carbocycles. The Balaban J connectivity index is 0.000000296. The number of aliphatic imine (C=N–C) groups is 1. The van der Waals surface area contributed by atoms with E-state index in [2.05, 4.69) is 20.3 Å². The molecule has 8 bridgehead atoms. The van der Waals surface area contributed by atoms with Crippen LogP contribution in [0.4, 0.5) is 0 Å². The average molecular weight is 404 g/mol. The van der Waals surface area contributed by atoms with Gasteiger partial charge in [-0.3, -0.25) is 4.79 Å². The molecule has 6 rings (SSSR count). The van der Waals surface area contributed by atoms with Crippen molar-refractivity contribution < 1.29 is 4.79 Å². The van der Waals surface area contributed by atoms with E-state index in [1.165, 1.54) is 0 Å². The summed E-state index contributed by atoms with van der Waals surface area (Å²) in [7, 11) is 0. The maximum atomic E-state index is 12.2. The Morgan fingerprint density at radius 2 is 1.32 bits per heavy atom. The maximum absolute atomic E-state index is 12.2. The number of hydrogen-bond donors (Lipinski definition) is 3. The van der Waals surface area contributed by atoms with Gasteiger partial charge in [0.1, 0.15) is 0 Å². The van der Waals surface area contributed by atoms with E-state index in [4.69, 9.17) is 0 Å². The molecule has 3 aliphatic heterocycles. The van der Waals surface area contributed by atoms with Crippen LogP contribution in [0.2, 0.25) is 0 Å². The van der Waals surface area contributed by atoms with E-state index in [-0.39, 0.29) is 5.78 Å². The van der Waals surface area contributed by atoms with Crippen LogP contribution in [0.1, 0.15) is 11.4 Å². The van der Waals surface area contributed by atoms with Crippen LogP contribution in [0.15, 0.2) is 107 Å². The topological polar surface area (TPSA) is 73.0 Å². The minimum absolute atomic E-state index is 0.0453. The molecule has 0 atom stereocenters. The predicted octanol–water partition coefficient (Wildman–Crippen LogP) is 2.94. The number of aromatic amines is 2. The summed E-state index contributed by atoms with van der Waals surface area (Å²) in [5, 5.41) is 5.07. The molecule has 3 aromatic rings. The highest BCUT2D eigenvalue weighted by molar-refractivity contribution is 6.16. The number of carbonyl (C=O) groups excluding carboxylic acids is 1. The molecular weight excluding hydrogens is 384 g/mol. The fraction of sp³-hybridized carbons (Fsp3) is 0. The lowest BCUT2D eigenvalue weighted by molar-refractivity contribution is -0.111. The highest BCUT2D eigenvalue weighted by Crippen LogP contribution is 2.17. The molecule has 5 heterocycles. The van der Waals surface area contributed by atoms with Crippen molar-refractivity contribution in [3.05, 3.63) is 124 Å². The summed E-state index contributed by atoms with van der Waals surface area (Å²) >= 11 is 0. The second kappa shape index (κ2) is 8.16. The summed E-state index contributed by atoms with van der Waals surface area (Å²) in [6, 6.07) is 20.0. The van der Waals surface area contributed by atoms with Gasteiger partial charge in [0.15, 0.2) is 0 Å². The highest BCUT2D eigenvalue weighted by Gasteiger charge is 2.17. The quantitative estimate of drug-likeness (QED) is 0.539. The van der Waals surface area contributed by atoms with Gasteiger partial charge in [-0.2, -0.15) is 0 Å². The zero-order chi connectivity index (χ0) is 21.0. The Morgan fingerprint density at radius 3 is 2.06 bits per heavy atom. The van der Waals surface area contributed by atoms with Crippen molar-refractivity contribution in [1.82, 2.24) is 15.3 Å². The van der Waals surface area contributed by atoms with Gasteiger partial charge >= 0.3 is 0 Å². The molecule has 2 aromatic heterocycles. The first-order valence-electron chi connectivity index (χ1n) is 10.0. The summed E-state index contributed by atoms with van der Waals surface area (Å²) in [4.78, 5) is 23.4. The van der Waals surface area contributed by atoms with Crippen LogP contribution in [0.25, 0.3) is 18.2 Å². The molecule has 0 radical (unpaired) electrons. The number of rotatable bonds is 0. The van der Waals surface area contributed by atoms with Gasteiger partial charge in [0.05, 0.1) is 17.1 Å². The molecule has 150 valence electrons. The van der Waals surface area contributed by atoms with E-state index in [1.807, 2.05) is 91.0 Å². The standard InChI is InChI=1S/C20H14N4O.C6H6/c25-20-11-18-9-16-4-3-14(22-16)7-12-1-2-13(21-12)8-15-5-6-17(23-15)10-19(20)24-18;1-2-4-6-5-3-1/h1-11,21-22,24H;1-6H. The number of hydrogen-bond acceptors (Lipinski definition) is 3. The molecule has 0 spiro atoms. The number of nitrogens with one attached hydrogen (secondary N) is 3. The van der Waals surface area contributed by atoms with Crippen LogP contribution in [-0.4, -0.2) is 21.5 Å². The van der Waals surface area contributed by atoms with Crippen molar-refractivity contribution in [2.24, 2.45) is 4.99 Å². The van der Waals surface area contributed by atoms with E-state index in [1.54, 1.807) is 12.2 Å². The van der Waals surface area contributed by atoms with Crippen molar-refractivity contribution in [2.45, 2.75) is 0 Å². The molecule has 0 saturated heterocycles. The molecule has 5 nitrogen and oxygen atoms in total. The lowest BCUT2D eigenvalue weighted by Crippen LogP contribution is -2.14. The fourth-order valence-corrected chi connectivity index (χ4v) is 3.44. The SMILES string of the molecule is O=C1C=C2C=c3ccc([nH]3)=Cc3ccc([nH]3)C=C3C=CC(=N3)C=C1N2.c1ccccc1. The van der Waals surface area contributed by atoms with Crippen molar-refractivity contribution >= 4 is 29.7 Å². The largest absolute Gasteiger partial charge is 0.355 e. The highest BCUT2D eigenvalue weighted by atomic mass is 16.1. The molecule has 5 heteroatoms. The molecule has 0 fully saturated rings. The van der Waals surface area contributed by atoms with Gasteiger partial charge in [0, 0.05) is 33.9 Å². The van der Waals surface area contributed by atoms with Crippen LogP contribution < -0.4 is 16.0 Å². The third-order valence-corrected chi connectivity index (χ3v) is 4.86. The Labute approximate surface area is 179 Å². The third-order valence-electron chi connectivity index (χ3n) is 4.86. The number of benzene rings is 1. The van der Waals surface area contributed by atoms with Crippen molar-refractivity contribution in [3.8, 4) is 0 Å². The number of aromatic nitrogens is 2. The number of allylic oxidation sites excluding steroid dienone is 5. The van der Waals surface area contributed by atoms with E-state index >= 15 is 0 Å². The first-order valence-corrected chi connectivity index (χ1v) is 10.0. The minimum atomic E-state index is -0.0453. The van der Waals surface area contributed by atoms with E-state index in [0.717, 1.165) is 39.2 Å². The van der Waals surface area contributed by atoms with Gasteiger partial charge in [-0.15, -0.1) is 0 Å². The third kappa shape index (κ3) is 4.46. The zero-order valence-electron chi connectivity index (χ0n) is 16.7. The first-order chi connectivity index (χ1) is 15.2. The summed E-state index contributed by atoms with van der Waals surface area (Å²) < 4.78 is 0. The second-order valence-electron chi connectivity index (χ2n) is 7.27. The Morgan fingerprint density at radius 1 is 0.645 bits per heavy atom. The summed E-state index contributed by atoms with van der Waals surface area (Å²) in [6.45, 7) is 0. The minimum Gasteiger partial charge on any atom is -0.355 e. The molecule has 31 heavy (non-hydrogen) atoms. The van der Waals surface area contributed by atoms with Crippen LogP contribution in [0, 0.1) is 0 Å². The Bertz CT molecular complexity index is 1380. The average Bonchev–Trinajstić information content (AvgIpc) is 3.56. The monoisotopic (exact) mass is 404 g/mol. The fourth-order valence-electron chi connectivity index (χ4n) is 3.44. The second-order valence-corrected chi connectivity index (χ2v) is 7.27. The lowest BCUT2D eigenvalue weighted by Gasteiger charge is -1.99. The van der Waals surface area contributed by atoms with Gasteiger partial charge in [-0.05, 0) is 60.7 Å². The van der Waals surface area contributed by atoms with Crippen LogP contribution in [-0.2, 0) is 4.79 Å². The van der Waals surface area contributed by atoms with Crippen molar-refractivity contribution in [1.29, 1.82) is 0 Å². The van der Waals surface area contributed by atoms with Gasteiger partial charge in [-0.25, -0.2) is 4.99 Å². The van der Waals surface area contributed by atoms with Crippen LogP contribution >= 0.6 is 0 Å². The smallest absolute Gasteiger partial charge is 0.204 e. The van der Waals surface area contributed by atoms with E-state index in [0.29, 0.717) is 5.70 Å². The van der Waals surface area contributed by atoms with Gasteiger partial charge in [0.25, 0.3) is 0 Å². The van der Waals surface area contributed by atoms with Crippen molar-refractivity contribution in [3.63, 3.8) is 0 Å². The molecule has 0 aliphatic carbocycles. The number of ketones is 1. The lowest BCUT2D eigenvalue weighted by atomic mass is 10.2. The van der Waals surface area contributed by atoms with Crippen LogP contribution in [0.5, 0.6) is 0 Å². The molecule has 0 amide bonds. The molecule has 0 unspecified atom stereocenters. The summed E-state index contributed by atoms with van der Waals surface area (Å²) in [5.74, 6) is -0.0453.